The van der Waals surface area contributed by atoms with Gasteiger partial charge < -0.3 is 23.8 Å². The highest BCUT2D eigenvalue weighted by atomic mass is 16.5. The van der Waals surface area contributed by atoms with E-state index in [1.54, 1.807) is 6.07 Å². The molecular formula is C16H19NO7. The van der Waals surface area contributed by atoms with E-state index in [9.17, 15) is 14.4 Å². The number of ketones is 1. The van der Waals surface area contributed by atoms with Crippen LogP contribution in [0.3, 0.4) is 0 Å². The second kappa shape index (κ2) is 7.20. The molecule has 2 rings (SSSR count). The van der Waals surface area contributed by atoms with Crippen molar-refractivity contribution in [1.29, 1.82) is 0 Å². The molecule has 1 aromatic rings. The Bertz CT molecular complexity index is 683. The minimum absolute atomic E-state index is 0.137. The Morgan fingerprint density at radius 3 is 2.25 bits per heavy atom. The maximum absolute atomic E-state index is 12.3. The second-order valence-electron chi connectivity index (χ2n) is 5.01. The molecule has 1 heterocycles. The third-order valence-corrected chi connectivity index (χ3v) is 3.76. The highest BCUT2D eigenvalue weighted by Gasteiger charge is 2.41. The number of nitrogens with zero attached hydrogens (tertiary/aromatic N) is 1. The Kier molecular flexibility index (Phi) is 5.28. The third kappa shape index (κ3) is 2.86. The summed E-state index contributed by atoms with van der Waals surface area (Å²) in [7, 11) is 5.55. The van der Waals surface area contributed by atoms with Crippen LogP contribution in [0.1, 0.15) is 23.2 Å². The molecule has 130 valence electrons. The average Bonchev–Trinajstić information content (AvgIpc) is 2.84. The van der Waals surface area contributed by atoms with Crippen molar-refractivity contribution >= 4 is 23.3 Å². The summed E-state index contributed by atoms with van der Waals surface area (Å²) in [5.41, 5.74) is 0.516. The number of methoxy groups -OCH3 is 4. The Morgan fingerprint density at radius 1 is 1.04 bits per heavy atom. The number of amides is 1. The van der Waals surface area contributed by atoms with Crippen LogP contribution in [-0.2, 0) is 14.3 Å². The number of ether oxygens (including phenoxy) is 4. The van der Waals surface area contributed by atoms with Gasteiger partial charge in [-0.25, -0.2) is 0 Å². The van der Waals surface area contributed by atoms with Crippen molar-refractivity contribution in [2.45, 2.75) is 12.8 Å². The van der Waals surface area contributed by atoms with Gasteiger partial charge in [0.1, 0.15) is 0 Å². The topological polar surface area (TPSA) is 91.4 Å². The van der Waals surface area contributed by atoms with Crippen LogP contribution in [0, 0.1) is 0 Å². The molecule has 0 N–H and O–H groups in total. The average molecular weight is 337 g/mol. The van der Waals surface area contributed by atoms with Gasteiger partial charge in [-0.05, 0) is 6.42 Å². The number of hydrogen-bond donors (Lipinski definition) is 0. The number of hydrogen-bond acceptors (Lipinski definition) is 7. The molecule has 1 aromatic carbocycles. The Hall–Kier alpha value is -2.77. The molecule has 0 radical (unpaired) electrons. The summed E-state index contributed by atoms with van der Waals surface area (Å²) >= 11 is 0. The van der Waals surface area contributed by atoms with Gasteiger partial charge in [0, 0.05) is 19.0 Å². The fourth-order valence-corrected chi connectivity index (χ4v) is 2.62. The molecule has 1 amide bonds. The second-order valence-corrected chi connectivity index (χ2v) is 5.01. The van der Waals surface area contributed by atoms with Gasteiger partial charge in [0.25, 0.3) is 11.7 Å². The van der Waals surface area contributed by atoms with Gasteiger partial charge in [-0.2, -0.15) is 0 Å². The van der Waals surface area contributed by atoms with E-state index in [-0.39, 0.29) is 36.0 Å². The quantitative estimate of drug-likeness (QED) is 0.545. The van der Waals surface area contributed by atoms with E-state index in [4.69, 9.17) is 14.2 Å². The molecule has 1 aliphatic rings. The lowest BCUT2D eigenvalue weighted by molar-refractivity contribution is -0.140. The summed E-state index contributed by atoms with van der Waals surface area (Å²) in [6.45, 7) is 0.200. The first-order chi connectivity index (χ1) is 11.5. The van der Waals surface area contributed by atoms with Crippen LogP contribution >= 0.6 is 0 Å². The molecule has 0 saturated heterocycles. The van der Waals surface area contributed by atoms with Crippen LogP contribution in [-0.4, -0.2) is 52.6 Å². The summed E-state index contributed by atoms with van der Waals surface area (Å²) in [4.78, 5) is 37.2. The zero-order valence-corrected chi connectivity index (χ0v) is 14.0. The molecule has 0 spiro atoms. The van der Waals surface area contributed by atoms with Crippen molar-refractivity contribution in [3.05, 3.63) is 11.6 Å². The minimum atomic E-state index is -0.680. The maximum atomic E-state index is 12.3. The smallest absolute Gasteiger partial charge is 0.305 e. The lowest BCUT2D eigenvalue weighted by Crippen LogP contribution is -2.31. The predicted octanol–water partition coefficient (Wildman–Crippen LogP) is 1.19. The maximum Gasteiger partial charge on any atom is 0.305 e. The fourth-order valence-electron chi connectivity index (χ4n) is 2.62. The lowest BCUT2D eigenvalue weighted by atomic mass is 10.1. The molecule has 0 bridgehead atoms. The van der Waals surface area contributed by atoms with E-state index in [0.29, 0.717) is 17.9 Å². The monoisotopic (exact) mass is 337 g/mol. The third-order valence-electron chi connectivity index (χ3n) is 3.76. The van der Waals surface area contributed by atoms with E-state index in [1.807, 2.05) is 0 Å². The molecule has 24 heavy (non-hydrogen) atoms. The van der Waals surface area contributed by atoms with E-state index >= 15 is 0 Å². The van der Waals surface area contributed by atoms with Crippen molar-refractivity contribution in [2.75, 3.05) is 39.9 Å². The Labute approximate surface area is 139 Å². The highest BCUT2D eigenvalue weighted by molar-refractivity contribution is 6.53. The predicted molar refractivity (Wildman–Crippen MR) is 84.0 cm³/mol. The van der Waals surface area contributed by atoms with Crippen LogP contribution in [0.2, 0.25) is 0 Å². The van der Waals surface area contributed by atoms with Gasteiger partial charge >= 0.3 is 5.97 Å². The van der Waals surface area contributed by atoms with Gasteiger partial charge in [0.2, 0.25) is 5.75 Å². The molecule has 0 aliphatic carbocycles. The van der Waals surface area contributed by atoms with Crippen molar-refractivity contribution in [1.82, 2.24) is 0 Å². The van der Waals surface area contributed by atoms with Gasteiger partial charge in [0.05, 0.1) is 39.7 Å². The van der Waals surface area contributed by atoms with E-state index in [0.717, 1.165) is 0 Å². The zero-order chi connectivity index (χ0) is 17.9. The number of Topliss-reactive ketones (excluding diaryl/α,β-unsaturated/α-hetero) is 1. The van der Waals surface area contributed by atoms with Gasteiger partial charge in [-0.1, -0.05) is 0 Å². The van der Waals surface area contributed by atoms with Crippen molar-refractivity contribution in [3.8, 4) is 17.2 Å². The number of esters is 1. The molecule has 1 aliphatic heterocycles. The van der Waals surface area contributed by atoms with Crippen LogP contribution < -0.4 is 19.1 Å². The molecule has 0 unspecified atom stereocenters. The summed E-state index contributed by atoms with van der Waals surface area (Å²) in [5, 5.41) is 0. The first-order valence-corrected chi connectivity index (χ1v) is 7.26. The van der Waals surface area contributed by atoms with Crippen LogP contribution in [0.4, 0.5) is 5.69 Å². The standard InChI is InChI=1S/C16H19NO7/c1-21-10-8-9-12(15(24-4)14(10)23-3)13(19)16(20)17(9)7-5-6-11(18)22-2/h8H,5-7H2,1-4H3. The molecule has 8 nitrogen and oxygen atoms in total. The fraction of sp³-hybridized carbons (Fsp3) is 0.438. The highest BCUT2D eigenvalue weighted by Crippen LogP contribution is 2.48. The van der Waals surface area contributed by atoms with E-state index in [2.05, 4.69) is 4.74 Å². The van der Waals surface area contributed by atoms with Gasteiger partial charge in [-0.3, -0.25) is 14.4 Å². The Balaban J connectivity index is 2.42. The van der Waals surface area contributed by atoms with Crippen molar-refractivity contribution < 1.29 is 33.3 Å². The molecule has 0 saturated carbocycles. The molecule has 8 heteroatoms. The number of carbonyl (C=O) groups excluding carboxylic acids is 3. The van der Waals surface area contributed by atoms with Gasteiger partial charge in [-0.15, -0.1) is 0 Å². The first-order valence-electron chi connectivity index (χ1n) is 7.26. The van der Waals surface area contributed by atoms with E-state index < -0.39 is 11.7 Å². The number of carbonyl (C=O) groups is 3. The van der Waals surface area contributed by atoms with Gasteiger partial charge in [0.15, 0.2) is 11.5 Å². The first kappa shape index (κ1) is 17.6. The number of rotatable bonds is 7. The summed E-state index contributed by atoms with van der Waals surface area (Å²) in [6.07, 6.45) is 0.510. The van der Waals surface area contributed by atoms with Crippen molar-refractivity contribution in [3.63, 3.8) is 0 Å². The molecule has 0 aromatic heterocycles. The summed E-state index contributed by atoms with van der Waals surface area (Å²) < 4.78 is 20.3. The largest absolute Gasteiger partial charge is 0.493 e. The lowest BCUT2D eigenvalue weighted by Gasteiger charge is -2.19. The van der Waals surface area contributed by atoms with Crippen LogP contribution in [0.15, 0.2) is 6.07 Å². The van der Waals surface area contributed by atoms with E-state index in [1.165, 1.54) is 33.3 Å². The van der Waals surface area contributed by atoms with Crippen LogP contribution in [0.5, 0.6) is 17.2 Å². The molecule has 0 fully saturated rings. The SMILES string of the molecule is COC(=O)CCCN1C(=O)C(=O)c2c1cc(OC)c(OC)c2OC. The normalized spacial score (nSPS) is 12.9. The number of fused-ring (bicyclic) bond motifs is 1. The zero-order valence-electron chi connectivity index (χ0n) is 14.0. The van der Waals surface area contributed by atoms with Crippen LogP contribution in [0.25, 0.3) is 0 Å². The Morgan fingerprint density at radius 2 is 1.71 bits per heavy atom. The number of benzene rings is 1. The summed E-state index contributed by atoms with van der Waals surface area (Å²) in [5.74, 6) is -0.993. The molecule has 0 atom stereocenters. The van der Waals surface area contributed by atoms with Crippen molar-refractivity contribution in [2.24, 2.45) is 0 Å². The number of anilines is 1. The minimum Gasteiger partial charge on any atom is -0.493 e. The molecular weight excluding hydrogens is 318 g/mol. The summed E-state index contributed by atoms with van der Waals surface area (Å²) in [6, 6.07) is 1.55.